The van der Waals surface area contributed by atoms with Crippen molar-refractivity contribution in [1.82, 2.24) is 5.32 Å². The van der Waals surface area contributed by atoms with E-state index in [1.54, 1.807) is 11.3 Å². The molecule has 3 N–H and O–H groups in total. The Balaban J connectivity index is 1.92. The van der Waals surface area contributed by atoms with E-state index in [1.807, 2.05) is 18.2 Å². The first-order chi connectivity index (χ1) is 7.75. The predicted molar refractivity (Wildman–Crippen MR) is 73.4 cm³/mol. The summed E-state index contributed by atoms with van der Waals surface area (Å²) < 4.78 is 1.10. The summed E-state index contributed by atoms with van der Waals surface area (Å²) in [6.45, 7) is 1.71. The van der Waals surface area contributed by atoms with Crippen LogP contribution in [0.15, 0.2) is 39.5 Å². The van der Waals surface area contributed by atoms with E-state index in [0.717, 1.165) is 23.2 Å². The molecule has 0 aliphatic carbocycles. The molecule has 2 aromatic rings. The monoisotopic (exact) mass is 296 g/mol. The minimum Gasteiger partial charge on any atom is -0.399 e. The molecule has 0 amide bonds. The van der Waals surface area contributed by atoms with Gasteiger partial charge < -0.3 is 11.1 Å². The number of nitrogen functional groups attached to an aromatic ring is 1. The summed E-state index contributed by atoms with van der Waals surface area (Å²) in [4.78, 5) is 0. The van der Waals surface area contributed by atoms with E-state index in [4.69, 9.17) is 5.73 Å². The second-order valence-corrected chi connectivity index (χ2v) is 5.22. The molecule has 0 fully saturated rings. The Morgan fingerprint density at radius 3 is 2.88 bits per heavy atom. The third-order valence-electron chi connectivity index (χ3n) is 2.29. The fraction of sp³-hybridized carbons (Fsp3) is 0.167. The van der Waals surface area contributed by atoms with Crippen molar-refractivity contribution in [3.05, 3.63) is 50.6 Å². The lowest BCUT2D eigenvalue weighted by Gasteiger charge is -2.07. The third kappa shape index (κ3) is 3.07. The molecule has 0 bridgehead atoms. The first-order valence-corrected chi connectivity index (χ1v) is 6.75. The van der Waals surface area contributed by atoms with Crippen LogP contribution in [-0.4, -0.2) is 0 Å². The zero-order valence-electron chi connectivity index (χ0n) is 8.74. The number of hydrogen-bond donors (Lipinski definition) is 2. The van der Waals surface area contributed by atoms with Crippen molar-refractivity contribution in [2.45, 2.75) is 13.1 Å². The summed E-state index contributed by atoms with van der Waals surface area (Å²) >= 11 is 5.24. The highest BCUT2D eigenvalue weighted by molar-refractivity contribution is 9.10. The number of anilines is 1. The molecular formula is C12H13BrN2S. The molecule has 0 spiro atoms. The smallest absolute Gasteiger partial charge is 0.0318 e. The van der Waals surface area contributed by atoms with Gasteiger partial charge in [0.2, 0.25) is 0 Å². The molecule has 0 radical (unpaired) electrons. The highest BCUT2D eigenvalue weighted by Gasteiger charge is 2.00. The van der Waals surface area contributed by atoms with Gasteiger partial charge in [0.15, 0.2) is 0 Å². The van der Waals surface area contributed by atoms with Crippen LogP contribution in [0, 0.1) is 0 Å². The van der Waals surface area contributed by atoms with Crippen LogP contribution >= 0.6 is 27.3 Å². The fourth-order valence-electron chi connectivity index (χ4n) is 1.46. The summed E-state index contributed by atoms with van der Waals surface area (Å²) in [5, 5.41) is 7.64. The molecule has 0 aliphatic rings. The van der Waals surface area contributed by atoms with Crippen LogP contribution < -0.4 is 11.1 Å². The van der Waals surface area contributed by atoms with Crippen LogP contribution in [0.3, 0.4) is 0 Å². The van der Waals surface area contributed by atoms with E-state index >= 15 is 0 Å². The van der Waals surface area contributed by atoms with Gasteiger partial charge in [0.25, 0.3) is 0 Å². The summed E-state index contributed by atoms with van der Waals surface area (Å²) in [6, 6.07) is 8.00. The average Bonchev–Trinajstić information content (AvgIpc) is 2.76. The third-order valence-corrected chi connectivity index (χ3v) is 3.80. The summed E-state index contributed by atoms with van der Waals surface area (Å²) in [5.74, 6) is 0. The lowest BCUT2D eigenvalue weighted by atomic mass is 10.2. The molecule has 0 saturated carbocycles. The molecule has 0 aliphatic heterocycles. The van der Waals surface area contributed by atoms with Crippen molar-refractivity contribution >= 4 is 33.0 Å². The maximum absolute atomic E-state index is 5.75. The van der Waals surface area contributed by atoms with Gasteiger partial charge in [0.05, 0.1) is 0 Å². The standard InChI is InChI=1S/C12H13BrN2S/c13-12-2-1-11(14)5-10(12)7-15-6-9-3-4-16-8-9/h1-5,8,15H,6-7,14H2. The molecule has 16 heavy (non-hydrogen) atoms. The molecule has 1 heterocycles. The number of halogens is 1. The van der Waals surface area contributed by atoms with Gasteiger partial charge in [-0.3, -0.25) is 0 Å². The van der Waals surface area contributed by atoms with Gasteiger partial charge in [-0.1, -0.05) is 15.9 Å². The van der Waals surface area contributed by atoms with Gasteiger partial charge in [0, 0.05) is 23.2 Å². The molecule has 0 unspecified atom stereocenters. The van der Waals surface area contributed by atoms with E-state index in [0.29, 0.717) is 0 Å². The summed E-state index contributed by atoms with van der Waals surface area (Å²) in [6.07, 6.45) is 0. The van der Waals surface area contributed by atoms with Crippen LogP contribution in [0.4, 0.5) is 5.69 Å². The van der Waals surface area contributed by atoms with Crippen molar-refractivity contribution in [3.8, 4) is 0 Å². The molecule has 1 aromatic heterocycles. The Bertz CT molecular complexity index is 454. The molecule has 1 aromatic carbocycles. The Labute approximate surface area is 108 Å². The first kappa shape index (κ1) is 11.6. The van der Waals surface area contributed by atoms with E-state index < -0.39 is 0 Å². The van der Waals surface area contributed by atoms with E-state index in [2.05, 4.69) is 38.1 Å². The Kier molecular flexibility index (Phi) is 3.98. The topological polar surface area (TPSA) is 38.0 Å². The van der Waals surface area contributed by atoms with Gasteiger partial charge in [0.1, 0.15) is 0 Å². The van der Waals surface area contributed by atoms with Gasteiger partial charge in [-0.05, 0) is 46.2 Å². The van der Waals surface area contributed by atoms with E-state index in [-0.39, 0.29) is 0 Å². The van der Waals surface area contributed by atoms with Crippen molar-refractivity contribution in [3.63, 3.8) is 0 Å². The number of nitrogens with one attached hydrogen (secondary N) is 1. The predicted octanol–water partition coefficient (Wildman–Crippen LogP) is 3.38. The van der Waals surface area contributed by atoms with Crippen LogP contribution in [0.2, 0.25) is 0 Å². The first-order valence-electron chi connectivity index (χ1n) is 5.01. The lowest BCUT2D eigenvalue weighted by Crippen LogP contribution is -2.12. The summed E-state index contributed by atoms with van der Waals surface area (Å²) in [7, 11) is 0. The number of nitrogens with two attached hydrogens (primary N) is 1. The average molecular weight is 297 g/mol. The number of hydrogen-bond acceptors (Lipinski definition) is 3. The van der Waals surface area contributed by atoms with Crippen molar-refractivity contribution < 1.29 is 0 Å². The molecule has 84 valence electrons. The van der Waals surface area contributed by atoms with Crippen LogP contribution in [0.5, 0.6) is 0 Å². The molecular weight excluding hydrogens is 284 g/mol. The highest BCUT2D eigenvalue weighted by Crippen LogP contribution is 2.19. The highest BCUT2D eigenvalue weighted by atomic mass is 79.9. The SMILES string of the molecule is Nc1ccc(Br)c(CNCc2ccsc2)c1. The summed E-state index contributed by atoms with van der Waals surface area (Å²) in [5.41, 5.74) is 9.06. The Morgan fingerprint density at radius 1 is 1.25 bits per heavy atom. The van der Waals surface area contributed by atoms with Gasteiger partial charge in [-0.15, -0.1) is 0 Å². The van der Waals surface area contributed by atoms with Crippen LogP contribution in [0.25, 0.3) is 0 Å². The van der Waals surface area contributed by atoms with Crippen molar-refractivity contribution in [2.24, 2.45) is 0 Å². The minimum absolute atomic E-state index is 0.801. The minimum atomic E-state index is 0.801. The van der Waals surface area contributed by atoms with E-state index in [1.165, 1.54) is 11.1 Å². The normalized spacial score (nSPS) is 10.6. The largest absolute Gasteiger partial charge is 0.399 e. The molecule has 2 nitrogen and oxygen atoms in total. The van der Waals surface area contributed by atoms with Crippen molar-refractivity contribution in [2.75, 3.05) is 5.73 Å². The number of rotatable bonds is 4. The Hall–Kier alpha value is -0.840. The maximum atomic E-state index is 5.75. The van der Waals surface area contributed by atoms with Crippen LogP contribution in [-0.2, 0) is 13.1 Å². The quantitative estimate of drug-likeness (QED) is 0.849. The number of thiophene rings is 1. The maximum Gasteiger partial charge on any atom is 0.0318 e. The zero-order valence-corrected chi connectivity index (χ0v) is 11.1. The zero-order chi connectivity index (χ0) is 11.4. The van der Waals surface area contributed by atoms with Gasteiger partial charge in [-0.25, -0.2) is 0 Å². The fourth-order valence-corrected chi connectivity index (χ4v) is 2.52. The van der Waals surface area contributed by atoms with E-state index in [9.17, 15) is 0 Å². The molecule has 2 rings (SSSR count). The number of benzene rings is 1. The second kappa shape index (κ2) is 5.48. The lowest BCUT2D eigenvalue weighted by molar-refractivity contribution is 0.693. The Morgan fingerprint density at radius 2 is 2.12 bits per heavy atom. The van der Waals surface area contributed by atoms with Gasteiger partial charge in [-0.2, -0.15) is 11.3 Å². The molecule has 0 atom stereocenters. The van der Waals surface area contributed by atoms with Crippen molar-refractivity contribution in [1.29, 1.82) is 0 Å². The van der Waals surface area contributed by atoms with Gasteiger partial charge >= 0.3 is 0 Å². The molecule has 4 heteroatoms. The molecule has 0 saturated heterocycles. The van der Waals surface area contributed by atoms with Crippen LogP contribution in [0.1, 0.15) is 11.1 Å². The second-order valence-electron chi connectivity index (χ2n) is 3.59.